The number of carbonyl (C=O) groups excluding carboxylic acids is 2. The average molecular weight is 373 g/mol. The van der Waals surface area contributed by atoms with Crippen LogP contribution < -0.4 is 5.56 Å². The minimum absolute atomic E-state index is 0.00987. The van der Waals surface area contributed by atoms with Gasteiger partial charge in [0.1, 0.15) is 6.04 Å². The van der Waals surface area contributed by atoms with E-state index in [1.165, 1.54) is 0 Å². The Morgan fingerprint density at radius 2 is 2.19 bits per heavy atom. The van der Waals surface area contributed by atoms with Gasteiger partial charge in [0.05, 0.1) is 15.8 Å². The number of nitrogens with one attached hydrogen (secondary N) is 1. The van der Waals surface area contributed by atoms with Crippen molar-refractivity contribution in [1.82, 2.24) is 14.9 Å². The Hall–Kier alpha value is -2.35. The molecule has 3 heterocycles. The van der Waals surface area contributed by atoms with Gasteiger partial charge >= 0.3 is 5.97 Å². The second kappa shape index (κ2) is 6.12. The summed E-state index contributed by atoms with van der Waals surface area (Å²) in [5, 5.41) is 0.486. The zero-order valence-electron chi connectivity index (χ0n) is 14.5. The predicted octanol–water partition coefficient (Wildman–Crippen LogP) is 1.98. The van der Waals surface area contributed by atoms with Crippen LogP contribution in [-0.4, -0.2) is 43.4 Å². The first-order chi connectivity index (χ1) is 12.4. The Morgan fingerprint density at radius 1 is 1.42 bits per heavy atom. The van der Waals surface area contributed by atoms with Crippen LogP contribution in [-0.2, 0) is 14.3 Å². The van der Waals surface area contributed by atoms with Crippen molar-refractivity contribution in [1.29, 1.82) is 0 Å². The van der Waals surface area contributed by atoms with E-state index in [0.29, 0.717) is 28.9 Å². The topological polar surface area (TPSA) is 92.4 Å². The molecular formula is C18H19N3O4S. The zero-order valence-corrected chi connectivity index (χ0v) is 15.3. The number of H-pyrrole nitrogens is 1. The number of esters is 1. The number of aromatic amines is 1. The van der Waals surface area contributed by atoms with Crippen molar-refractivity contribution in [3.8, 4) is 0 Å². The van der Waals surface area contributed by atoms with Gasteiger partial charge < -0.3 is 14.6 Å². The summed E-state index contributed by atoms with van der Waals surface area (Å²) in [6, 6.07) is 6.41. The summed E-state index contributed by atoms with van der Waals surface area (Å²) in [6.45, 7) is 3.65. The van der Waals surface area contributed by atoms with Crippen molar-refractivity contribution in [3.05, 3.63) is 40.4 Å². The SMILES string of the molecule is C[C@@H](OC(=O)[C@@H]1CS[C@@]2(C)CCC(=O)N12)c1nc2ccccc2c(=O)[nH]1. The van der Waals surface area contributed by atoms with Crippen molar-refractivity contribution in [3.63, 3.8) is 0 Å². The van der Waals surface area contributed by atoms with Gasteiger partial charge in [0.15, 0.2) is 11.9 Å². The van der Waals surface area contributed by atoms with Gasteiger partial charge in [-0.05, 0) is 32.4 Å². The van der Waals surface area contributed by atoms with Crippen molar-refractivity contribution in [2.75, 3.05) is 5.75 Å². The lowest BCUT2D eigenvalue weighted by atomic mass is 10.2. The van der Waals surface area contributed by atoms with E-state index in [4.69, 9.17) is 4.74 Å². The molecule has 2 aliphatic heterocycles. The van der Waals surface area contributed by atoms with Gasteiger partial charge in [0.2, 0.25) is 5.91 Å². The molecule has 0 radical (unpaired) electrons. The molecule has 2 fully saturated rings. The molecule has 1 aromatic heterocycles. The van der Waals surface area contributed by atoms with Crippen LogP contribution >= 0.6 is 11.8 Å². The number of benzene rings is 1. The molecule has 136 valence electrons. The van der Waals surface area contributed by atoms with Gasteiger partial charge in [0, 0.05) is 12.2 Å². The standard InChI is InChI=1S/C18H19N3O4S/c1-10(15-19-12-6-4-3-5-11(12)16(23)20-15)25-17(24)13-9-26-18(2)8-7-14(22)21(13)18/h3-6,10,13H,7-9H2,1-2H3,(H,19,20,23)/t10-,13+,18+/m1/s1. The van der Waals surface area contributed by atoms with Gasteiger partial charge in [0.25, 0.3) is 5.56 Å². The second-order valence-electron chi connectivity index (χ2n) is 6.81. The fourth-order valence-electron chi connectivity index (χ4n) is 3.60. The number of rotatable bonds is 3. The lowest BCUT2D eigenvalue weighted by Gasteiger charge is -2.29. The third kappa shape index (κ3) is 2.68. The van der Waals surface area contributed by atoms with Crippen molar-refractivity contribution >= 4 is 34.5 Å². The summed E-state index contributed by atoms with van der Waals surface area (Å²) in [5.41, 5.74) is 0.278. The molecule has 0 unspecified atom stereocenters. The number of para-hydroxylation sites is 1. The van der Waals surface area contributed by atoms with Gasteiger partial charge in [-0.15, -0.1) is 11.8 Å². The first kappa shape index (κ1) is 17.1. The van der Waals surface area contributed by atoms with Crippen LogP contribution in [0.3, 0.4) is 0 Å². The van der Waals surface area contributed by atoms with Crippen LogP contribution in [0.2, 0.25) is 0 Å². The van der Waals surface area contributed by atoms with E-state index in [0.717, 1.165) is 6.42 Å². The molecule has 0 aliphatic carbocycles. The average Bonchev–Trinajstić information content (AvgIpc) is 3.11. The molecule has 0 bridgehead atoms. The summed E-state index contributed by atoms with van der Waals surface area (Å²) in [5.74, 6) is 0.350. The lowest BCUT2D eigenvalue weighted by molar-refractivity contribution is -0.158. The highest BCUT2D eigenvalue weighted by molar-refractivity contribution is 8.01. The summed E-state index contributed by atoms with van der Waals surface area (Å²) in [4.78, 5) is 45.4. The van der Waals surface area contributed by atoms with E-state index >= 15 is 0 Å². The maximum absolute atomic E-state index is 12.7. The Morgan fingerprint density at radius 3 is 3.00 bits per heavy atom. The summed E-state index contributed by atoms with van der Waals surface area (Å²) in [7, 11) is 0. The van der Waals surface area contributed by atoms with E-state index in [-0.39, 0.29) is 16.3 Å². The van der Waals surface area contributed by atoms with E-state index < -0.39 is 18.1 Å². The molecule has 4 rings (SSSR count). The molecule has 7 nitrogen and oxygen atoms in total. The molecule has 3 atom stereocenters. The van der Waals surface area contributed by atoms with Crippen molar-refractivity contribution in [2.24, 2.45) is 0 Å². The Labute approximate surface area is 154 Å². The molecule has 2 aromatic rings. The Balaban J connectivity index is 1.55. The number of fused-ring (bicyclic) bond motifs is 2. The highest BCUT2D eigenvalue weighted by atomic mass is 32.2. The molecule has 2 saturated heterocycles. The summed E-state index contributed by atoms with van der Waals surface area (Å²) in [6.07, 6.45) is 0.493. The molecule has 8 heteroatoms. The monoisotopic (exact) mass is 373 g/mol. The minimum Gasteiger partial charge on any atom is -0.453 e. The molecule has 1 N–H and O–H groups in total. The van der Waals surface area contributed by atoms with Crippen LogP contribution in [0.4, 0.5) is 0 Å². The molecule has 0 saturated carbocycles. The molecular weight excluding hydrogens is 354 g/mol. The van der Waals surface area contributed by atoms with Crippen LogP contribution in [0.1, 0.15) is 38.6 Å². The summed E-state index contributed by atoms with van der Waals surface area (Å²) >= 11 is 1.61. The first-order valence-electron chi connectivity index (χ1n) is 8.55. The van der Waals surface area contributed by atoms with Crippen LogP contribution in [0.25, 0.3) is 10.9 Å². The van der Waals surface area contributed by atoms with Gasteiger partial charge in [-0.25, -0.2) is 9.78 Å². The Bertz CT molecular complexity index is 959. The van der Waals surface area contributed by atoms with Gasteiger partial charge in [-0.3, -0.25) is 9.59 Å². The third-order valence-corrected chi connectivity index (χ3v) is 6.53. The van der Waals surface area contributed by atoms with Crippen LogP contribution in [0.5, 0.6) is 0 Å². The smallest absolute Gasteiger partial charge is 0.330 e. The molecule has 1 amide bonds. The molecule has 26 heavy (non-hydrogen) atoms. The minimum atomic E-state index is -0.714. The van der Waals surface area contributed by atoms with E-state index in [9.17, 15) is 14.4 Å². The maximum atomic E-state index is 12.7. The highest BCUT2D eigenvalue weighted by Crippen LogP contribution is 2.47. The highest BCUT2D eigenvalue weighted by Gasteiger charge is 2.53. The summed E-state index contributed by atoms with van der Waals surface area (Å²) < 4.78 is 5.55. The van der Waals surface area contributed by atoms with E-state index in [2.05, 4.69) is 9.97 Å². The molecule has 1 aromatic carbocycles. The van der Waals surface area contributed by atoms with Crippen molar-refractivity contribution < 1.29 is 14.3 Å². The fraction of sp³-hybridized carbons (Fsp3) is 0.444. The number of aromatic nitrogens is 2. The van der Waals surface area contributed by atoms with Crippen molar-refractivity contribution in [2.45, 2.75) is 43.7 Å². The van der Waals surface area contributed by atoms with Crippen LogP contribution in [0, 0.1) is 0 Å². The number of amides is 1. The number of nitrogens with zero attached hydrogens (tertiary/aromatic N) is 2. The number of carbonyl (C=O) groups is 2. The molecule has 2 aliphatic rings. The number of thioether (sulfide) groups is 1. The molecule has 0 spiro atoms. The van der Waals surface area contributed by atoms with Gasteiger partial charge in [-0.1, -0.05) is 12.1 Å². The largest absolute Gasteiger partial charge is 0.453 e. The second-order valence-corrected chi connectivity index (χ2v) is 8.31. The number of hydrogen-bond donors (Lipinski definition) is 1. The van der Waals surface area contributed by atoms with Gasteiger partial charge in [-0.2, -0.15) is 0 Å². The van der Waals surface area contributed by atoms with Crippen LogP contribution in [0.15, 0.2) is 29.1 Å². The zero-order chi connectivity index (χ0) is 18.5. The fourth-order valence-corrected chi connectivity index (χ4v) is 5.02. The quantitative estimate of drug-likeness (QED) is 0.827. The lowest BCUT2D eigenvalue weighted by Crippen LogP contribution is -2.46. The normalized spacial score (nSPS) is 26.2. The van der Waals surface area contributed by atoms with E-state index in [1.807, 2.05) is 6.92 Å². The van der Waals surface area contributed by atoms with E-state index in [1.54, 1.807) is 47.9 Å². The predicted molar refractivity (Wildman–Crippen MR) is 97.6 cm³/mol. The first-order valence-corrected chi connectivity index (χ1v) is 9.53. The third-order valence-electron chi connectivity index (χ3n) is 5.03. The Kier molecular flexibility index (Phi) is 4.02. The maximum Gasteiger partial charge on any atom is 0.330 e. The number of hydrogen-bond acceptors (Lipinski definition) is 6. The number of ether oxygens (including phenoxy) is 1.